The van der Waals surface area contributed by atoms with Crippen LogP contribution in [-0.4, -0.2) is 89.1 Å². The first-order valence-corrected chi connectivity index (χ1v) is 25.2. The molecule has 0 saturated heterocycles. The van der Waals surface area contributed by atoms with Gasteiger partial charge in [-0.15, -0.1) is 10.2 Å². The average Bonchev–Trinajstić information content (AvgIpc) is 4.05. The summed E-state index contributed by atoms with van der Waals surface area (Å²) in [7, 11) is 1.44. The number of carbonyl (C=O) groups excluding carboxylic acids is 2. The highest BCUT2D eigenvalue weighted by Crippen LogP contribution is 2.37. The lowest BCUT2D eigenvalue weighted by atomic mass is 9.83. The SMILES string of the molecule is C.CCn1nnc2c(C)c(C(CC(=O)O)c3ccc4c(c3)CN(C(=O)c3ccc(C)cc3)CC4)ccc21.CCn1nnc2c(C)c(C(CC(=O)OC)c3ccc4c(c3)CNCC4)ccc21.Cc1ccc(C(=O)O)cc1. The molecule has 75 heavy (non-hydrogen) atoms. The van der Waals surface area contributed by atoms with E-state index in [0.29, 0.717) is 30.6 Å². The number of benzene rings is 6. The number of carbonyl (C=O) groups is 4. The summed E-state index contributed by atoms with van der Waals surface area (Å²) in [5.41, 5.74) is 18.0. The lowest BCUT2D eigenvalue weighted by Gasteiger charge is -2.30. The van der Waals surface area contributed by atoms with Crippen molar-refractivity contribution in [2.75, 3.05) is 20.2 Å². The number of amides is 1. The fourth-order valence-electron chi connectivity index (χ4n) is 10.1. The third-order valence-electron chi connectivity index (χ3n) is 14.3. The Bertz CT molecular complexity index is 3340. The van der Waals surface area contributed by atoms with E-state index in [-0.39, 0.29) is 37.6 Å². The van der Waals surface area contributed by atoms with Crippen LogP contribution in [0.4, 0.5) is 0 Å². The number of ether oxygens (including phenoxy) is 1. The first-order valence-electron chi connectivity index (χ1n) is 25.2. The van der Waals surface area contributed by atoms with E-state index in [4.69, 9.17) is 9.84 Å². The number of methoxy groups -OCH3 is 1. The molecular weight excluding hydrogens is 945 g/mol. The summed E-state index contributed by atoms with van der Waals surface area (Å²) < 4.78 is 8.74. The minimum atomic E-state index is -0.875. The molecular formula is C60H68N8O7. The van der Waals surface area contributed by atoms with E-state index < -0.39 is 11.9 Å². The summed E-state index contributed by atoms with van der Waals surface area (Å²) in [6, 6.07) is 35.4. The number of hydrogen-bond donors (Lipinski definition) is 3. The molecule has 10 rings (SSSR count). The minimum absolute atomic E-state index is 0. The molecule has 2 unspecified atom stereocenters. The quantitative estimate of drug-likeness (QED) is 0.0982. The van der Waals surface area contributed by atoms with E-state index in [2.05, 4.69) is 82.3 Å². The van der Waals surface area contributed by atoms with Gasteiger partial charge in [0.25, 0.3) is 5.91 Å². The third kappa shape index (κ3) is 12.3. The summed E-state index contributed by atoms with van der Waals surface area (Å²) in [4.78, 5) is 49.5. The van der Waals surface area contributed by atoms with Gasteiger partial charge in [0.1, 0.15) is 11.0 Å². The van der Waals surface area contributed by atoms with Crippen LogP contribution in [-0.2, 0) is 53.3 Å². The highest BCUT2D eigenvalue weighted by molar-refractivity contribution is 5.94. The first-order chi connectivity index (χ1) is 35.7. The van der Waals surface area contributed by atoms with E-state index in [9.17, 15) is 24.3 Å². The molecule has 0 spiro atoms. The van der Waals surface area contributed by atoms with E-state index >= 15 is 0 Å². The molecule has 0 fully saturated rings. The van der Waals surface area contributed by atoms with Gasteiger partial charge in [-0.1, -0.05) is 102 Å². The van der Waals surface area contributed by atoms with Gasteiger partial charge in [-0.25, -0.2) is 14.2 Å². The molecule has 390 valence electrons. The van der Waals surface area contributed by atoms with Gasteiger partial charge in [0.2, 0.25) is 0 Å². The Hall–Kier alpha value is -8.04. The summed E-state index contributed by atoms with van der Waals surface area (Å²) in [6.07, 6.45) is 2.10. The van der Waals surface area contributed by atoms with Crippen LogP contribution in [0.15, 0.2) is 109 Å². The number of nitrogens with one attached hydrogen (secondary N) is 1. The number of rotatable bonds is 12. The molecule has 2 atom stereocenters. The minimum Gasteiger partial charge on any atom is -0.481 e. The number of hydrogen-bond acceptors (Lipinski definition) is 10. The smallest absolute Gasteiger partial charge is 0.335 e. The number of carboxylic acid groups (broad SMARTS) is 2. The van der Waals surface area contributed by atoms with Crippen molar-refractivity contribution in [3.63, 3.8) is 0 Å². The van der Waals surface area contributed by atoms with Crippen LogP contribution in [0.25, 0.3) is 22.1 Å². The molecule has 1 amide bonds. The topological polar surface area (TPSA) is 195 Å². The second-order valence-corrected chi connectivity index (χ2v) is 19.1. The summed E-state index contributed by atoms with van der Waals surface area (Å²) in [6.45, 7) is 16.6. The van der Waals surface area contributed by atoms with Crippen LogP contribution in [0.2, 0.25) is 0 Å². The highest BCUT2D eigenvalue weighted by atomic mass is 16.5. The van der Waals surface area contributed by atoms with Crippen LogP contribution < -0.4 is 5.32 Å². The van der Waals surface area contributed by atoms with Crippen molar-refractivity contribution in [3.8, 4) is 0 Å². The third-order valence-corrected chi connectivity index (χ3v) is 14.3. The number of aromatic carboxylic acids is 1. The van der Waals surface area contributed by atoms with Gasteiger partial charge >= 0.3 is 17.9 Å². The maximum atomic E-state index is 13.1. The molecule has 2 aliphatic heterocycles. The summed E-state index contributed by atoms with van der Waals surface area (Å²) in [5, 5.41) is 38.9. The Labute approximate surface area is 438 Å². The van der Waals surface area contributed by atoms with E-state index in [1.54, 1.807) is 24.3 Å². The van der Waals surface area contributed by atoms with Crippen LogP contribution in [0, 0.1) is 27.7 Å². The molecule has 15 heteroatoms. The van der Waals surface area contributed by atoms with Gasteiger partial charge in [-0.2, -0.15) is 0 Å². The van der Waals surface area contributed by atoms with Gasteiger partial charge in [-0.05, 0) is 153 Å². The zero-order valence-electron chi connectivity index (χ0n) is 43.2. The first kappa shape index (κ1) is 54.7. The fraction of sp³-hybridized carbons (Fsp3) is 0.333. The zero-order chi connectivity index (χ0) is 52.6. The molecule has 6 aromatic carbocycles. The molecule has 4 heterocycles. The van der Waals surface area contributed by atoms with Crippen LogP contribution in [0.5, 0.6) is 0 Å². The standard InChI is InChI=1S/C29H30N4O3.C22H26N4O2.C8H8O2.CH4/c1-4-33-26-12-11-24(19(3)28(26)30-31-33)25(16-27(34)35)22-10-9-20-13-14-32(17-23(20)15-22)29(36)21-7-5-18(2)6-8-21;1-4-26-20-8-7-18(14(2)22(20)24-25-26)19(12-21(27)28-3)16-6-5-15-9-10-23-13-17(15)11-16;1-6-2-4-7(5-3-6)8(9)10;/h5-12,15,25H,4,13-14,16-17H2,1-3H3,(H,34,35);5-8,11,19,23H,4,9-10,12-13H2,1-3H3;2-5H,1H3,(H,9,10);1H4. The monoisotopic (exact) mass is 1010 g/mol. The average molecular weight is 1010 g/mol. The summed E-state index contributed by atoms with van der Waals surface area (Å²) >= 11 is 0. The van der Waals surface area contributed by atoms with E-state index in [0.717, 1.165) is 111 Å². The van der Waals surface area contributed by atoms with Crippen LogP contribution in [0.3, 0.4) is 0 Å². The van der Waals surface area contributed by atoms with Crippen molar-refractivity contribution in [1.29, 1.82) is 0 Å². The van der Waals surface area contributed by atoms with Gasteiger partial charge in [0, 0.05) is 50.1 Å². The molecule has 8 aromatic rings. The van der Waals surface area contributed by atoms with Gasteiger partial charge in [-0.3, -0.25) is 14.4 Å². The Morgan fingerprint density at radius 2 is 1.13 bits per heavy atom. The van der Waals surface area contributed by atoms with Crippen LogP contribution in [0.1, 0.15) is 133 Å². The normalized spacial score (nSPS) is 13.5. The van der Waals surface area contributed by atoms with Crippen molar-refractivity contribution < 1.29 is 34.1 Å². The predicted molar refractivity (Wildman–Crippen MR) is 291 cm³/mol. The number of nitrogens with zero attached hydrogens (tertiary/aromatic N) is 7. The Morgan fingerprint density at radius 1 is 0.627 bits per heavy atom. The predicted octanol–water partition coefficient (Wildman–Crippen LogP) is 10.3. The second kappa shape index (κ2) is 24.3. The van der Waals surface area contributed by atoms with E-state index in [1.807, 2.05) is 84.4 Å². The molecule has 2 aromatic heterocycles. The number of aliphatic carboxylic acids is 1. The largest absolute Gasteiger partial charge is 0.481 e. The number of aryl methyl sites for hydroxylation is 6. The number of aromatic nitrogens is 6. The fourth-order valence-corrected chi connectivity index (χ4v) is 10.1. The lowest BCUT2D eigenvalue weighted by Crippen LogP contribution is -2.36. The molecule has 0 saturated carbocycles. The Morgan fingerprint density at radius 3 is 1.64 bits per heavy atom. The Balaban J connectivity index is 0.000000186. The van der Waals surface area contributed by atoms with Crippen molar-refractivity contribution >= 4 is 45.9 Å². The van der Waals surface area contributed by atoms with Crippen molar-refractivity contribution in [2.24, 2.45) is 0 Å². The van der Waals surface area contributed by atoms with Gasteiger partial charge < -0.3 is 25.2 Å². The Kier molecular flexibility index (Phi) is 17.8. The number of fused-ring (bicyclic) bond motifs is 4. The van der Waals surface area contributed by atoms with Crippen molar-refractivity contribution in [3.05, 3.63) is 187 Å². The van der Waals surface area contributed by atoms with Crippen molar-refractivity contribution in [1.82, 2.24) is 40.2 Å². The summed E-state index contributed by atoms with van der Waals surface area (Å²) in [5.74, 6) is -2.32. The molecule has 0 radical (unpaired) electrons. The van der Waals surface area contributed by atoms with E-state index in [1.165, 1.54) is 23.8 Å². The van der Waals surface area contributed by atoms with Crippen molar-refractivity contribution in [2.45, 2.75) is 113 Å². The maximum absolute atomic E-state index is 13.1. The maximum Gasteiger partial charge on any atom is 0.335 e. The number of carboxylic acids is 2. The highest BCUT2D eigenvalue weighted by Gasteiger charge is 2.27. The molecule has 3 N–H and O–H groups in total. The molecule has 0 aliphatic carbocycles. The zero-order valence-corrected chi connectivity index (χ0v) is 43.2. The second-order valence-electron chi connectivity index (χ2n) is 19.1. The van der Waals surface area contributed by atoms with Gasteiger partial charge in [0.05, 0.1) is 36.5 Å². The molecule has 0 bridgehead atoms. The number of esters is 1. The van der Waals surface area contributed by atoms with Gasteiger partial charge in [0.15, 0.2) is 0 Å². The molecule has 2 aliphatic rings. The van der Waals surface area contributed by atoms with Crippen LogP contribution >= 0.6 is 0 Å². The molecule has 15 nitrogen and oxygen atoms in total. The lowest BCUT2D eigenvalue weighted by molar-refractivity contribution is -0.141.